The maximum Gasteiger partial charge on any atom is 0.306 e. The minimum Gasteiger partial charge on any atom is -0.462 e. The largest absolute Gasteiger partial charge is 0.462 e. The van der Waals surface area contributed by atoms with Gasteiger partial charge in [-0.1, -0.05) is 228 Å². The van der Waals surface area contributed by atoms with Gasteiger partial charge < -0.3 is 14.2 Å². The molecule has 6 nitrogen and oxygen atoms in total. The van der Waals surface area contributed by atoms with Gasteiger partial charge in [0.25, 0.3) is 0 Å². The van der Waals surface area contributed by atoms with Crippen LogP contribution in [0.3, 0.4) is 0 Å². The average molecular weight is 877 g/mol. The number of carbonyl (C=O) groups is 3. The van der Waals surface area contributed by atoms with Crippen molar-refractivity contribution in [2.24, 2.45) is 0 Å². The van der Waals surface area contributed by atoms with Crippen LogP contribution in [0.4, 0.5) is 0 Å². The molecule has 0 fully saturated rings. The molecule has 0 saturated carbocycles. The van der Waals surface area contributed by atoms with Crippen LogP contribution in [-0.2, 0) is 28.6 Å². The van der Waals surface area contributed by atoms with Crippen LogP contribution in [0.15, 0.2) is 85.1 Å². The molecule has 0 rings (SSSR count). The molecule has 1 unspecified atom stereocenters. The first-order valence-corrected chi connectivity index (χ1v) is 26.1. The van der Waals surface area contributed by atoms with Crippen LogP contribution in [0.2, 0.25) is 0 Å². The molecule has 0 aliphatic carbocycles. The molecule has 0 aliphatic rings. The Bertz CT molecular complexity index is 1240. The van der Waals surface area contributed by atoms with Crippen molar-refractivity contribution in [1.82, 2.24) is 0 Å². The van der Waals surface area contributed by atoms with Crippen LogP contribution in [0, 0.1) is 0 Å². The van der Waals surface area contributed by atoms with Crippen molar-refractivity contribution in [3.8, 4) is 0 Å². The van der Waals surface area contributed by atoms with E-state index in [9.17, 15) is 14.4 Å². The first-order valence-electron chi connectivity index (χ1n) is 26.1. The van der Waals surface area contributed by atoms with Gasteiger partial charge in [0.15, 0.2) is 6.10 Å². The number of hydrogen-bond acceptors (Lipinski definition) is 6. The van der Waals surface area contributed by atoms with Crippen molar-refractivity contribution in [3.63, 3.8) is 0 Å². The number of carbonyl (C=O) groups excluding carboxylic acids is 3. The van der Waals surface area contributed by atoms with Crippen molar-refractivity contribution in [1.29, 1.82) is 0 Å². The SMILES string of the molecule is CC/C=C\C/C=C\C/C=C\C/C=C\C/C=C\C/C=C\CCC(=O)OCC(COC(=O)CCC/C=C\CCCCCC)OC(=O)CCCCCCCCCCCCCCCCCCC. The lowest BCUT2D eigenvalue weighted by molar-refractivity contribution is -0.166. The average Bonchev–Trinajstić information content (AvgIpc) is 3.28. The lowest BCUT2D eigenvalue weighted by Gasteiger charge is -2.18. The minimum atomic E-state index is -0.815. The Labute approximate surface area is 388 Å². The Kier molecular flexibility index (Phi) is 48.5. The van der Waals surface area contributed by atoms with E-state index in [2.05, 4.69) is 99.8 Å². The maximum absolute atomic E-state index is 12.8. The lowest BCUT2D eigenvalue weighted by atomic mass is 10.0. The van der Waals surface area contributed by atoms with E-state index in [0.717, 1.165) is 70.6 Å². The van der Waals surface area contributed by atoms with Gasteiger partial charge in [-0.05, 0) is 77.0 Å². The zero-order valence-corrected chi connectivity index (χ0v) is 41.1. The van der Waals surface area contributed by atoms with E-state index < -0.39 is 6.10 Å². The summed E-state index contributed by atoms with van der Waals surface area (Å²) in [5.74, 6) is -1.03. The Morgan fingerprint density at radius 1 is 0.333 bits per heavy atom. The standard InChI is InChI=1S/C57H96O6/c1-4-7-10-13-16-19-21-23-25-27-28-30-31-33-35-38-41-44-47-50-56(59)62-53-54(52-61-55(58)49-46-43-40-37-18-15-12-9-6-3)63-57(60)51-48-45-42-39-36-34-32-29-26-24-22-20-17-14-11-8-5-2/h7,10,16,19,23,25,28,30,33,35,37,40-41,44,54H,4-6,8-9,11-15,17-18,20-22,24,26-27,29,31-32,34,36,38-39,42-43,45-53H2,1-3H3/b10-7-,19-16-,25-23-,30-28-,35-33-,40-37-,44-41-. The van der Waals surface area contributed by atoms with Crippen LogP contribution in [0.5, 0.6) is 0 Å². The van der Waals surface area contributed by atoms with Crippen molar-refractivity contribution in [2.75, 3.05) is 13.2 Å². The highest BCUT2D eigenvalue weighted by Crippen LogP contribution is 2.15. The summed E-state index contributed by atoms with van der Waals surface area (Å²) < 4.78 is 16.7. The Morgan fingerprint density at radius 3 is 1.11 bits per heavy atom. The van der Waals surface area contributed by atoms with Gasteiger partial charge in [-0.25, -0.2) is 0 Å². The molecule has 0 aliphatic heterocycles. The summed E-state index contributed by atoms with van der Waals surface area (Å²) in [7, 11) is 0. The number of rotatable bonds is 46. The van der Waals surface area contributed by atoms with Crippen molar-refractivity contribution >= 4 is 17.9 Å². The molecule has 0 N–H and O–H groups in total. The zero-order chi connectivity index (χ0) is 45.8. The van der Waals surface area contributed by atoms with Gasteiger partial charge in [0, 0.05) is 19.3 Å². The molecule has 1 atom stereocenters. The molecule has 0 spiro atoms. The lowest BCUT2D eigenvalue weighted by Crippen LogP contribution is -2.30. The quantitative estimate of drug-likeness (QED) is 0.0262. The van der Waals surface area contributed by atoms with E-state index in [4.69, 9.17) is 14.2 Å². The summed E-state index contributed by atoms with van der Waals surface area (Å²) in [5.41, 5.74) is 0. The van der Waals surface area contributed by atoms with Crippen LogP contribution < -0.4 is 0 Å². The van der Waals surface area contributed by atoms with Crippen molar-refractivity contribution in [3.05, 3.63) is 85.1 Å². The minimum absolute atomic E-state index is 0.114. The molecule has 0 radical (unpaired) electrons. The Hall–Kier alpha value is -3.41. The van der Waals surface area contributed by atoms with Gasteiger partial charge in [0.05, 0.1) is 0 Å². The smallest absolute Gasteiger partial charge is 0.306 e. The summed E-state index contributed by atoms with van der Waals surface area (Å²) in [5, 5.41) is 0. The van der Waals surface area contributed by atoms with Gasteiger partial charge >= 0.3 is 17.9 Å². The topological polar surface area (TPSA) is 78.9 Å². The number of unbranched alkanes of at least 4 members (excludes halogenated alkanes) is 21. The van der Waals surface area contributed by atoms with Gasteiger partial charge in [0.1, 0.15) is 13.2 Å². The van der Waals surface area contributed by atoms with Crippen LogP contribution >= 0.6 is 0 Å². The van der Waals surface area contributed by atoms with Crippen molar-refractivity contribution < 1.29 is 28.6 Å². The summed E-state index contributed by atoms with van der Waals surface area (Å²) in [4.78, 5) is 37.8. The fraction of sp³-hybridized carbons (Fsp3) is 0.702. The van der Waals surface area contributed by atoms with E-state index >= 15 is 0 Å². The third-order valence-corrected chi connectivity index (χ3v) is 10.9. The molecule has 360 valence electrons. The Morgan fingerprint density at radius 2 is 0.667 bits per heavy atom. The van der Waals surface area contributed by atoms with E-state index in [-0.39, 0.29) is 37.5 Å². The monoisotopic (exact) mass is 877 g/mol. The molecular weight excluding hydrogens is 781 g/mol. The van der Waals surface area contributed by atoms with E-state index in [1.807, 2.05) is 6.08 Å². The first kappa shape index (κ1) is 59.6. The molecule has 0 aromatic heterocycles. The molecule has 6 heteroatoms. The second kappa shape index (κ2) is 51.2. The third kappa shape index (κ3) is 49.5. The fourth-order valence-electron chi connectivity index (χ4n) is 7.00. The maximum atomic E-state index is 12.8. The fourth-order valence-corrected chi connectivity index (χ4v) is 7.00. The highest BCUT2D eigenvalue weighted by molar-refractivity contribution is 5.71. The normalized spacial score (nSPS) is 12.7. The number of ether oxygens (including phenoxy) is 3. The number of hydrogen-bond donors (Lipinski definition) is 0. The summed E-state index contributed by atoms with van der Waals surface area (Å²) in [6, 6.07) is 0. The zero-order valence-electron chi connectivity index (χ0n) is 41.1. The molecule has 0 heterocycles. The van der Waals surface area contributed by atoms with Gasteiger partial charge in [-0.15, -0.1) is 0 Å². The van der Waals surface area contributed by atoms with E-state index in [0.29, 0.717) is 25.7 Å². The molecule has 0 bridgehead atoms. The first-order chi connectivity index (χ1) is 31.0. The third-order valence-electron chi connectivity index (χ3n) is 10.9. The molecule has 0 amide bonds. The number of esters is 3. The van der Waals surface area contributed by atoms with Gasteiger partial charge in [-0.2, -0.15) is 0 Å². The molecule has 63 heavy (non-hydrogen) atoms. The Balaban J connectivity index is 4.44. The number of allylic oxidation sites excluding steroid dienone is 14. The van der Waals surface area contributed by atoms with Crippen molar-refractivity contribution in [2.45, 2.75) is 245 Å². The highest BCUT2D eigenvalue weighted by atomic mass is 16.6. The molecular formula is C57H96O6. The second-order valence-electron chi connectivity index (χ2n) is 17.1. The molecule has 0 aromatic rings. The van der Waals surface area contributed by atoms with Crippen LogP contribution in [0.1, 0.15) is 239 Å². The summed E-state index contributed by atoms with van der Waals surface area (Å²) in [6.07, 6.45) is 65.9. The summed E-state index contributed by atoms with van der Waals surface area (Å²) >= 11 is 0. The van der Waals surface area contributed by atoms with Gasteiger partial charge in [-0.3, -0.25) is 14.4 Å². The second-order valence-corrected chi connectivity index (χ2v) is 17.1. The van der Waals surface area contributed by atoms with E-state index in [1.165, 1.54) is 116 Å². The predicted molar refractivity (Wildman–Crippen MR) is 270 cm³/mol. The van der Waals surface area contributed by atoms with E-state index in [1.54, 1.807) is 0 Å². The predicted octanol–water partition coefficient (Wildman–Crippen LogP) is 17.2. The highest BCUT2D eigenvalue weighted by Gasteiger charge is 2.19. The molecule has 0 saturated heterocycles. The molecule has 0 aromatic carbocycles. The van der Waals surface area contributed by atoms with Crippen LogP contribution in [0.25, 0.3) is 0 Å². The van der Waals surface area contributed by atoms with Gasteiger partial charge in [0.2, 0.25) is 0 Å². The summed E-state index contributed by atoms with van der Waals surface area (Å²) in [6.45, 7) is 6.40. The van der Waals surface area contributed by atoms with Crippen LogP contribution in [-0.4, -0.2) is 37.2 Å².